The van der Waals surface area contributed by atoms with Gasteiger partial charge in [0.2, 0.25) is 5.91 Å². The molecule has 0 saturated heterocycles. The molecule has 0 aliphatic carbocycles. The number of rotatable bonds is 5. The number of carbonyl (C=O) groups excluding carboxylic acids is 1. The molecule has 0 fully saturated rings. The number of hydrogen-bond acceptors (Lipinski definition) is 2. The van der Waals surface area contributed by atoms with E-state index in [0.717, 1.165) is 39.4 Å². The molecule has 0 bridgehead atoms. The molecule has 0 saturated carbocycles. The molecule has 0 aliphatic heterocycles. The third kappa shape index (κ3) is 3.90. The first kappa shape index (κ1) is 18.9. The number of nitrogens with one attached hydrogen (secondary N) is 1. The summed E-state index contributed by atoms with van der Waals surface area (Å²) < 4.78 is 15.3. The number of amides is 1. The number of hydrogen-bond donors (Lipinski definition) is 1. The predicted octanol–water partition coefficient (Wildman–Crippen LogP) is 5.33. The molecular formula is C24H22FN3O. The van der Waals surface area contributed by atoms with Crippen molar-refractivity contribution in [3.05, 3.63) is 89.5 Å². The number of imidazole rings is 1. The molecule has 4 rings (SSSR count). The molecule has 1 N–H and O–H groups in total. The topological polar surface area (TPSA) is 46.4 Å². The number of pyridine rings is 1. The van der Waals surface area contributed by atoms with Crippen molar-refractivity contribution in [2.75, 3.05) is 5.32 Å². The largest absolute Gasteiger partial charge is 0.326 e. The number of para-hydroxylation sites is 1. The number of halogens is 1. The highest BCUT2D eigenvalue weighted by Gasteiger charge is 2.16. The maximum atomic E-state index is 13.4. The summed E-state index contributed by atoms with van der Waals surface area (Å²) in [6.45, 7) is 3.97. The molecule has 0 spiro atoms. The molecule has 2 aromatic heterocycles. The second-order valence-corrected chi connectivity index (χ2v) is 7.16. The van der Waals surface area contributed by atoms with Crippen molar-refractivity contribution < 1.29 is 9.18 Å². The van der Waals surface area contributed by atoms with E-state index in [1.165, 1.54) is 12.1 Å². The minimum absolute atomic E-state index is 0.0432. The Labute approximate surface area is 169 Å². The predicted molar refractivity (Wildman–Crippen MR) is 113 cm³/mol. The number of aromatic nitrogens is 2. The van der Waals surface area contributed by atoms with E-state index in [1.54, 1.807) is 12.1 Å². The van der Waals surface area contributed by atoms with E-state index < -0.39 is 0 Å². The number of fused-ring (bicyclic) bond motifs is 1. The average molecular weight is 387 g/mol. The lowest BCUT2D eigenvalue weighted by Gasteiger charge is -2.12. The van der Waals surface area contributed by atoms with Gasteiger partial charge in [-0.2, -0.15) is 0 Å². The number of benzene rings is 2. The summed E-state index contributed by atoms with van der Waals surface area (Å²) >= 11 is 0. The number of nitrogens with zero attached hydrogens (tertiary/aromatic N) is 2. The first-order chi connectivity index (χ1) is 14.0. The van der Waals surface area contributed by atoms with Gasteiger partial charge in [0.05, 0.1) is 11.4 Å². The fourth-order valence-electron chi connectivity index (χ4n) is 3.57. The SMILES string of the molecule is Cc1cccc(C)c1NC(=O)CCc1c(-c2ccc(F)cc2)nc2ccccn12. The minimum atomic E-state index is -0.285. The summed E-state index contributed by atoms with van der Waals surface area (Å²) in [6.07, 6.45) is 2.79. The van der Waals surface area contributed by atoms with Crippen LogP contribution in [0.4, 0.5) is 10.1 Å². The lowest BCUT2D eigenvalue weighted by atomic mass is 10.1. The molecule has 0 aliphatic rings. The van der Waals surface area contributed by atoms with Crippen molar-refractivity contribution in [2.45, 2.75) is 26.7 Å². The van der Waals surface area contributed by atoms with Crippen molar-refractivity contribution in [1.82, 2.24) is 9.38 Å². The molecule has 0 radical (unpaired) electrons. The monoisotopic (exact) mass is 387 g/mol. The van der Waals surface area contributed by atoms with E-state index in [-0.39, 0.29) is 11.7 Å². The Morgan fingerprint density at radius 2 is 1.72 bits per heavy atom. The van der Waals surface area contributed by atoms with Crippen molar-refractivity contribution >= 4 is 17.2 Å². The number of anilines is 1. The third-order valence-electron chi connectivity index (χ3n) is 5.08. The van der Waals surface area contributed by atoms with Gasteiger partial charge in [-0.15, -0.1) is 0 Å². The average Bonchev–Trinajstić information content (AvgIpc) is 3.08. The van der Waals surface area contributed by atoms with E-state index in [0.29, 0.717) is 12.8 Å². The molecule has 29 heavy (non-hydrogen) atoms. The van der Waals surface area contributed by atoms with Crippen LogP contribution in [0.15, 0.2) is 66.9 Å². The second-order valence-electron chi connectivity index (χ2n) is 7.16. The zero-order valence-electron chi connectivity index (χ0n) is 16.4. The Hall–Kier alpha value is -3.47. The molecule has 1 amide bonds. The van der Waals surface area contributed by atoms with E-state index in [4.69, 9.17) is 4.98 Å². The zero-order valence-corrected chi connectivity index (χ0v) is 16.4. The van der Waals surface area contributed by atoms with Gasteiger partial charge in [-0.3, -0.25) is 4.79 Å². The van der Waals surface area contributed by atoms with Crippen LogP contribution in [0.25, 0.3) is 16.9 Å². The second kappa shape index (κ2) is 7.87. The summed E-state index contributed by atoms with van der Waals surface area (Å²) in [7, 11) is 0. The van der Waals surface area contributed by atoms with Crippen molar-refractivity contribution in [3.63, 3.8) is 0 Å². The van der Waals surface area contributed by atoms with Gasteiger partial charge >= 0.3 is 0 Å². The molecule has 2 aromatic carbocycles. The Morgan fingerprint density at radius 1 is 1.00 bits per heavy atom. The van der Waals surface area contributed by atoms with Crippen LogP contribution >= 0.6 is 0 Å². The Morgan fingerprint density at radius 3 is 2.45 bits per heavy atom. The summed E-state index contributed by atoms with van der Waals surface area (Å²) in [5, 5.41) is 3.04. The molecule has 4 aromatic rings. The van der Waals surface area contributed by atoms with Crippen LogP contribution in [-0.2, 0) is 11.2 Å². The Bertz CT molecular complexity index is 1160. The molecule has 146 valence electrons. The highest BCUT2D eigenvalue weighted by atomic mass is 19.1. The van der Waals surface area contributed by atoms with Crippen molar-refractivity contribution in [3.8, 4) is 11.3 Å². The van der Waals surface area contributed by atoms with Gasteiger partial charge in [0, 0.05) is 23.9 Å². The molecular weight excluding hydrogens is 365 g/mol. The van der Waals surface area contributed by atoms with Crippen LogP contribution < -0.4 is 5.32 Å². The molecule has 0 unspecified atom stereocenters. The summed E-state index contributed by atoms with van der Waals surface area (Å²) in [5.41, 5.74) is 6.30. The van der Waals surface area contributed by atoms with Crippen molar-refractivity contribution in [2.24, 2.45) is 0 Å². The van der Waals surface area contributed by atoms with Crippen LogP contribution in [0.2, 0.25) is 0 Å². The highest BCUT2D eigenvalue weighted by molar-refractivity contribution is 5.92. The summed E-state index contributed by atoms with van der Waals surface area (Å²) in [4.78, 5) is 17.4. The quantitative estimate of drug-likeness (QED) is 0.503. The smallest absolute Gasteiger partial charge is 0.224 e. The van der Waals surface area contributed by atoms with Crippen LogP contribution in [0.1, 0.15) is 23.2 Å². The maximum absolute atomic E-state index is 13.4. The first-order valence-corrected chi connectivity index (χ1v) is 9.61. The minimum Gasteiger partial charge on any atom is -0.326 e. The lowest BCUT2D eigenvalue weighted by molar-refractivity contribution is -0.116. The van der Waals surface area contributed by atoms with Crippen LogP contribution in [0.5, 0.6) is 0 Å². The molecule has 0 atom stereocenters. The standard InChI is InChI=1S/C24H22FN3O/c1-16-6-5-7-17(2)23(16)27-22(29)14-13-20-24(18-9-11-19(25)12-10-18)26-21-8-3-4-15-28(20)21/h3-12,15H,13-14H2,1-2H3,(H,27,29). The van der Waals surface area contributed by atoms with Crippen molar-refractivity contribution in [1.29, 1.82) is 0 Å². The van der Waals surface area contributed by atoms with Crippen LogP contribution in [0.3, 0.4) is 0 Å². The zero-order chi connectivity index (χ0) is 20.4. The van der Waals surface area contributed by atoms with Gasteiger partial charge in [0.25, 0.3) is 0 Å². The van der Waals surface area contributed by atoms with Crippen LogP contribution in [0, 0.1) is 19.7 Å². The Kier molecular flexibility index (Phi) is 5.12. The van der Waals surface area contributed by atoms with E-state index >= 15 is 0 Å². The third-order valence-corrected chi connectivity index (χ3v) is 5.08. The van der Waals surface area contributed by atoms with Gasteiger partial charge < -0.3 is 9.72 Å². The molecule has 5 heteroatoms. The lowest BCUT2D eigenvalue weighted by Crippen LogP contribution is -2.14. The van der Waals surface area contributed by atoms with Gasteiger partial charge in [0.1, 0.15) is 11.5 Å². The van der Waals surface area contributed by atoms with Gasteiger partial charge in [-0.1, -0.05) is 24.3 Å². The van der Waals surface area contributed by atoms with E-state index in [1.807, 2.05) is 60.8 Å². The molecule has 2 heterocycles. The molecule has 4 nitrogen and oxygen atoms in total. The highest BCUT2D eigenvalue weighted by Crippen LogP contribution is 2.26. The number of carbonyl (C=O) groups is 1. The normalized spacial score (nSPS) is 11.0. The summed E-state index contributed by atoms with van der Waals surface area (Å²) in [6, 6.07) is 18.0. The van der Waals surface area contributed by atoms with Gasteiger partial charge in [-0.25, -0.2) is 9.37 Å². The summed E-state index contributed by atoms with van der Waals surface area (Å²) in [5.74, 6) is -0.328. The fraction of sp³-hybridized carbons (Fsp3) is 0.167. The Balaban J connectivity index is 1.61. The van der Waals surface area contributed by atoms with E-state index in [9.17, 15) is 9.18 Å². The first-order valence-electron chi connectivity index (χ1n) is 9.61. The maximum Gasteiger partial charge on any atom is 0.224 e. The fourth-order valence-corrected chi connectivity index (χ4v) is 3.57. The van der Waals surface area contributed by atoms with Crippen LogP contribution in [-0.4, -0.2) is 15.3 Å². The van der Waals surface area contributed by atoms with Gasteiger partial charge in [0.15, 0.2) is 0 Å². The van der Waals surface area contributed by atoms with E-state index in [2.05, 4.69) is 5.32 Å². The number of aryl methyl sites for hydroxylation is 3. The van der Waals surface area contributed by atoms with Gasteiger partial charge in [-0.05, 0) is 67.8 Å².